The van der Waals surface area contributed by atoms with E-state index in [0.29, 0.717) is 0 Å². The van der Waals surface area contributed by atoms with E-state index in [0.717, 1.165) is 36.9 Å². The molecule has 0 N–H and O–H groups in total. The quantitative estimate of drug-likeness (QED) is 0.777. The Kier molecular flexibility index (Phi) is 5.63. The highest BCUT2D eigenvalue weighted by molar-refractivity contribution is 5.58. The van der Waals surface area contributed by atoms with Crippen molar-refractivity contribution in [1.82, 2.24) is 0 Å². The number of nitrogens with zero attached hydrogens (tertiary/aromatic N) is 1. The summed E-state index contributed by atoms with van der Waals surface area (Å²) in [6.07, 6.45) is 4.90. The summed E-state index contributed by atoms with van der Waals surface area (Å²) in [5, 5.41) is 0. The van der Waals surface area contributed by atoms with E-state index in [2.05, 4.69) is 35.2 Å². The summed E-state index contributed by atoms with van der Waals surface area (Å²) in [6.45, 7) is 2.23. The van der Waals surface area contributed by atoms with Gasteiger partial charge in [-0.15, -0.1) is 0 Å². The van der Waals surface area contributed by atoms with Crippen molar-refractivity contribution in [3.63, 3.8) is 0 Å². The van der Waals surface area contributed by atoms with Gasteiger partial charge < -0.3 is 14.4 Å². The molecule has 3 nitrogen and oxygen atoms in total. The van der Waals surface area contributed by atoms with Gasteiger partial charge in [0.05, 0.1) is 19.9 Å². The topological polar surface area (TPSA) is 21.7 Å². The second kappa shape index (κ2) is 8.09. The van der Waals surface area contributed by atoms with E-state index in [1.54, 1.807) is 14.2 Å². The lowest BCUT2D eigenvalue weighted by Gasteiger charge is -2.34. The number of hydrogen-bond donors (Lipinski definition) is 0. The molecule has 1 fully saturated rings. The number of methoxy groups -OCH3 is 2. The van der Waals surface area contributed by atoms with Crippen molar-refractivity contribution in [2.75, 3.05) is 32.2 Å². The molecule has 2 aromatic rings. The van der Waals surface area contributed by atoms with Crippen molar-refractivity contribution < 1.29 is 9.47 Å². The summed E-state index contributed by atoms with van der Waals surface area (Å²) in [6, 6.07) is 16.8. The Bertz CT molecular complexity index is 648. The molecule has 2 aromatic carbocycles. The predicted molar refractivity (Wildman–Crippen MR) is 99.2 cm³/mol. The van der Waals surface area contributed by atoms with Gasteiger partial charge in [0.1, 0.15) is 11.5 Å². The Balaban J connectivity index is 1.52. The number of ether oxygens (including phenoxy) is 2. The Hall–Kier alpha value is -2.16. The van der Waals surface area contributed by atoms with Crippen LogP contribution < -0.4 is 14.4 Å². The minimum atomic E-state index is 0.808. The Labute approximate surface area is 145 Å². The molecule has 3 heteroatoms. The molecule has 0 amide bonds. The molecule has 1 saturated heterocycles. The summed E-state index contributed by atoms with van der Waals surface area (Å²) in [4.78, 5) is 2.46. The first-order chi connectivity index (χ1) is 11.8. The maximum atomic E-state index is 5.50. The van der Waals surface area contributed by atoms with Crippen LogP contribution in [0.2, 0.25) is 0 Å². The van der Waals surface area contributed by atoms with Crippen LogP contribution in [0.15, 0.2) is 48.5 Å². The van der Waals surface area contributed by atoms with Gasteiger partial charge in [0.15, 0.2) is 0 Å². The zero-order valence-electron chi connectivity index (χ0n) is 14.7. The number of benzene rings is 2. The van der Waals surface area contributed by atoms with E-state index in [1.165, 1.54) is 30.5 Å². The van der Waals surface area contributed by atoms with Crippen LogP contribution in [0.4, 0.5) is 5.69 Å². The molecule has 24 heavy (non-hydrogen) atoms. The highest BCUT2D eigenvalue weighted by atomic mass is 16.5. The number of hydrogen-bond acceptors (Lipinski definition) is 3. The lowest BCUT2D eigenvalue weighted by atomic mass is 9.90. The fraction of sp³-hybridized carbons (Fsp3) is 0.429. The zero-order valence-corrected chi connectivity index (χ0v) is 14.7. The van der Waals surface area contributed by atoms with Crippen LogP contribution in [0, 0.1) is 5.92 Å². The fourth-order valence-corrected chi connectivity index (χ4v) is 3.55. The molecule has 1 heterocycles. The van der Waals surface area contributed by atoms with E-state index in [9.17, 15) is 0 Å². The number of rotatable bonds is 6. The number of piperidine rings is 1. The largest absolute Gasteiger partial charge is 0.497 e. The Morgan fingerprint density at radius 3 is 2.50 bits per heavy atom. The van der Waals surface area contributed by atoms with Crippen LogP contribution in [-0.2, 0) is 6.42 Å². The Morgan fingerprint density at radius 2 is 1.75 bits per heavy atom. The lowest BCUT2D eigenvalue weighted by molar-refractivity contribution is 0.374. The van der Waals surface area contributed by atoms with Crippen molar-refractivity contribution in [1.29, 1.82) is 0 Å². The van der Waals surface area contributed by atoms with Crippen molar-refractivity contribution >= 4 is 5.69 Å². The fourth-order valence-electron chi connectivity index (χ4n) is 3.55. The molecular weight excluding hydrogens is 298 g/mol. The van der Waals surface area contributed by atoms with Crippen molar-refractivity contribution in [3.8, 4) is 11.5 Å². The minimum Gasteiger partial charge on any atom is -0.497 e. The molecule has 0 aliphatic carbocycles. The molecule has 0 atom stereocenters. The smallest absolute Gasteiger partial charge is 0.142 e. The molecule has 0 unspecified atom stereocenters. The van der Waals surface area contributed by atoms with Gasteiger partial charge in [0.2, 0.25) is 0 Å². The highest BCUT2D eigenvalue weighted by Gasteiger charge is 2.21. The molecule has 1 aliphatic heterocycles. The number of para-hydroxylation sites is 2. The average molecular weight is 325 g/mol. The predicted octanol–water partition coefficient (Wildman–Crippen LogP) is 4.55. The molecule has 0 aromatic heterocycles. The Morgan fingerprint density at radius 1 is 0.958 bits per heavy atom. The van der Waals surface area contributed by atoms with Gasteiger partial charge in [-0.3, -0.25) is 0 Å². The molecule has 3 rings (SSSR count). The van der Waals surface area contributed by atoms with Gasteiger partial charge >= 0.3 is 0 Å². The first kappa shape index (κ1) is 16.7. The van der Waals surface area contributed by atoms with Crippen molar-refractivity contribution in [2.24, 2.45) is 5.92 Å². The van der Waals surface area contributed by atoms with E-state index in [1.807, 2.05) is 18.2 Å². The van der Waals surface area contributed by atoms with Gasteiger partial charge in [-0.1, -0.05) is 24.3 Å². The summed E-state index contributed by atoms with van der Waals surface area (Å²) < 4.78 is 10.8. The number of aryl methyl sites for hydroxylation is 1. The van der Waals surface area contributed by atoms with Gasteiger partial charge in [0.25, 0.3) is 0 Å². The van der Waals surface area contributed by atoms with Gasteiger partial charge in [-0.05, 0) is 61.4 Å². The third kappa shape index (κ3) is 4.02. The van der Waals surface area contributed by atoms with Crippen molar-refractivity contribution in [3.05, 3.63) is 54.1 Å². The van der Waals surface area contributed by atoms with Crippen LogP contribution in [0.1, 0.15) is 24.8 Å². The van der Waals surface area contributed by atoms with Gasteiger partial charge in [0, 0.05) is 13.1 Å². The monoisotopic (exact) mass is 325 g/mol. The van der Waals surface area contributed by atoms with Crippen LogP contribution in [0.3, 0.4) is 0 Å². The normalized spacial score (nSPS) is 15.3. The van der Waals surface area contributed by atoms with E-state index < -0.39 is 0 Å². The molecule has 0 radical (unpaired) electrons. The van der Waals surface area contributed by atoms with E-state index in [4.69, 9.17) is 9.47 Å². The molecule has 1 aliphatic rings. The van der Waals surface area contributed by atoms with Crippen LogP contribution >= 0.6 is 0 Å². The summed E-state index contributed by atoms with van der Waals surface area (Å²) in [5.41, 5.74) is 2.60. The average Bonchev–Trinajstić information content (AvgIpc) is 2.67. The van der Waals surface area contributed by atoms with Gasteiger partial charge in [-0.2, -0.15) is 0 Å². The molecule has 128 valence electrons. The minimum absolute atomic E-state index is 0.808. The first-order valence-corrected chi connectivity index (χ1v) is 8.81. The van der Waals surface area contributed by atoms with Crippen LogP contribution in [0.25, 0.3) is 0 Å². The molecule has 0 bridgehead atoms. The zero-order chi connectivity index (χ0) is 16.8. The summed E-state index contributed by atoms with van der Waals surface area (Å²) in [7, 11) is 3.48. The lowest BCUT2D eigenvalue weighted by Crippen LogP contribution is -2.34. The maximum absolute atomic E-state index is 5.50. The van der Waals surface area contributed by atoms with Crippen LogP contribution in [0.5, 0.6) is 11.5 Å². The molecular formula is C21H27NO2. The van der Waals surface area contributed by atoms with E-state index in [-0.39, 0.29) is 0 Å². The standard InChI is InChI=1S/C21H27NO2/c1-23-19-7-5-6-18(16-19)11-10-17-12-14-22(15-13-17)20-8-3-4-9-21(20)24-2/h3-9,16-17H,10-15H2,1-2H3. The SMILES string of the molecule is COc1cccc(CCC2CCN(c3ccccc3OC)CC2)c1. The third-order valence-electron chi connectivity index (χ3n) is 5.02. The van der Waals surface area contributed by atoms with Crippen LogP contribution in [-0.4, -0.2) is 27.3 Å². The third-order valence-corrected chi connectivity index (χ3v) is 5.02. The number of anilines is 1. The second-order valence-corrected chi connectivity index (χ2v) is 6.49. The summed E-state index contributed by atoms with van der Waals surface area (Å²) in [5.74, 6) is 2.74. The van der Waals surface area contributed by atoms with E-state index >= 15 is 0 Å². The molecule has 0 saturated carbocycles. The van der Waals surface area contributed by atoms with Crippen molar-refractivity contribution in [2.45, 2.75) is 25.7 Å². The first-order valence-electron chi connectivity index (χ1n) is 8.81. The summed E-state index contributed by atoms with van der Waals surface area (Å²) >= 11 is 0. The maximum Gasteiger partial charge on any atom is 0.142 e. The molecule has 0 spiro atoms. The highest BCUT2D eigenvalue weighted by Crippen LogP contribution is 2.32. The second-order valence-electron chi connectivity index (χ2n) is 6.49. The van der Waals surface area contributed by atoms with Gasteiger partial charge in [-0.25, -0.2) is 0 Å².